The highest BCUT2D eigenvalue weighted by Crippen LogP contribution is 2.32. The second-order valence-electron chi connectivity index (χ2n) is 6.22. The number of carbonyl (C=O) groups excluding carboxylic acids is 4. The molecule has 7 nitrogen and oxygen atoms in total. The van der Waals surface area contributed by atoms with Gasteiger partial charge in [0, 0.05) is 5.56 Å². The fourth-order valence-electron chi connectivity index (χ4n) is 2.65. The van der Waals surface area contributed by atoms with Crippen molar-refractivity contribution in [3.05, 3.63) is 70.6 Å². The van der Waals surface area contributed by atoms with Gasteiger partial charge in [0.15, 0.2) is 12.4 Å². The number of esters is 1. The van der Waals surface area contributed by atoms with Gasteiger partial charge < -0.3 is 9.47 Å². The first kappa shape index (κ1) is 21.3. The second-order valence-corrected chi connectivity index (χ2v) is 7.21. The number of hydrogen-bond donors (Lipinski definition) is 0. The number of rotatable bonds is 8. The molecule has 1 aliphatic rings. The summed E-state index contributed by atoms with van der Waals surface area (Å²) in [4.78, 5) is 49.6. The number of amides is 2. The molecule has 0 radical (unpaired) electrons. The summed E-state index contributed by atoms with van der Waals surface area (Å²) in [5, 5.41) is -0.482. The van der Waals surface area contributed by atoms with Gasteiger partial charge >= 0.3 is 5.97 Å². The molecule has 2 aromatic rings. The van der Waals surface area contributed by atoms with Gasteiger partial charge in [0.1, 0.15) is 5.75 Å². The van der Waals surface area contributed by atoms with E-state index in [4.69, 9.17) is 9.47 Å². The predicted octanol–water partition coefficient (Wildman–Crippen LogP) is 3.55. The van der Waals surface area contributed by atoms with E-state index in [0.29, 0.717) is 16.9 Å². The molecule has 1 heterocycles. The summed E-state index contributed by atoms with van der Waals surface area (Å²) < 4.78 is 10.1. The highest BCUT2D eigenvalue weighted by molar-refractivity contribution is 8.18. The van der Waals surface area contributed by atoms with Crippen molar-refractivity contribution in [1.82, 2.24) is 4.90 Å². The number of ether oxygens (including phenoxy) is 2. The topological polar surface area (TPSA) is 90.0 Å². The lowest BCUT2D eigenvalue weighted by atomic mass is 10.1. The molecule has 1 aliphatic heterocycles. The standard InChI is InChI=1S/C22H19NO6S/c1-2-28-20(25)14-29-17-10-8-15(9-11-17)12-19-21(26)23(22(27)30-19)13-18(24)16-6-4-3-5-7-16/h3-12H,2,13-14H2,1H3/b19-12-. The van der Waals surface area contributed by atoms with Gasteiger partial charge in [-0.25, -0.2) is 4.79 Å². The van der Waals surface area contributed by atoms with Crippen molar-refractivity contribution in [2.75, 3.05) is 19.8 Å². The van der Waals surface area contributed by atoms with Gasteiger partial charge in [-0.15, -0.1) is 0 Å². The van der Waals surface area contributed by atoms with Crippen LogP contribution in [0, 0.1) is 0 Å². The predicted molar refractivity (Wildman–Crippen MR) is 112 cm³/mol. The number of nitrogens with zero attached hydrogens (tertiary/aromatic N) is 1. The molecule has 0 aromatic heterocycles. The molecule has 2 amide bonds. The van der Waals surface area contributed by atoms with Crippen LogP contribution >= 0.6 is 11.8 Å². The van der Waals surface area contributed by atoms with Gasteiger partial charge in [0.05, 0.1) is 18.1 Å². The quantitative estimate of drug-likeness (QED) is 0.363. The first-order valence-corrected chi connectivity index (χ1v) is 10.0. The van der Waals surface area contributed by atoms with Crippen LogP contribution in [0.1, 0.15) is 22.8 Å². The number of hydrogen-bond acceptors (Lipinski definition) is 7. The average Bonchev–Trinajstić information content (AvgIpc) is 3.01. The molecule has 154 valence electrons. The number of Topliss-reactive ketones (excluding diaryl/α,β-unsaturated/α-hetero) is 1. The van der Waals surface area contributed by atoms with Crippen molar-refractivity contribution in [1.29, 1.82) is 0 Å². The molecule has 0 bridgehead atoms. The van der Waals surface area contributed by atoms with E-state index in [9.17, 15) is 19.2 Å². The minimum Gasteiger partial charge on any atom is -0.482 e. The first-order valence-electron chi connectivity index (χ1n) is 9.20. The third-order valence-corrected chi connectivity index (χ3v) is 5.02. The maximum Gasteiger partial charge on any atom is 0.344 e. The smallest absolute Gasteiger partial charge is 0.344 e. The van der Waals surface area contributed by atoms with E-state index < -0.39 is 17.1 Å². The van der Waals surface area contributed by atoms with E-state index in [0.717, 1.165) is 16.7 Å². The zero-order valence-electron chi connectivity index (χ0n) is 16.2. The Morgan fingerprint density at radius 2 is 1.73 bits per heavy atom. The number of ketones is 1. The Morgan fingerprint density at radius 1 is 1.03 bits per heavy atom. The van der Waals surface area contributed by atoms with Crippen LogP contribution in [0.5, 0.6) is 5.75 Å². The second kappa shape index (κ2) is 9.89. The van der Waals surface area contributed by atoms with E-state index in [2.05, 4.69) is 0 Å². The van der Waals surface area contributed by atoms with Gasteiger partial charge in [-0.05, 0) is 42.5 Å². The Hall–Kier alpha value is -3.39. The minimum absolute atomic E-state index is 0.193. The summed E-state index contributed by atoms with van der Waals surface area (Å²) >= 11 is 0.792. The van der Waals surface area contributed by atoms with Crippen LogP contribution < -0.4 is 4.74 Å². The Morgan fingerprint density at radius 3 is 2.40 bits per heavy atom. The van der Waals surface area contributed by atoms with E-state index in [-0.39, 0.29) is 30.4 Å². The lowest BCUT2D eigenvalue weighted by Gasteiger charge is -2.11. The van der Waals surface area contributed by atoms with Crippen LogP contribution in [0.3, 0.4) is 0 Å². The van der Waals surface area contributed by atoms with Crippen LogP contribution in [0.15, 0.2) is 59.5 Å². The lowest BCUT2D eigenvalue weighted by Crippen LogP contribution is -2.33. The fourth-order valence-corrected chi connectivity index (χ4v) is 3.49. The summed E-state index contributed by atoms with van der Waals surface area (Å²) in [5.41, 5.74) is 1.12. The maximum atomic E-state index is 12.6. The monoisotopic (exact) mass is 425 g/mol. The molecule has 0 aliphatic carbocycles. The molecule has 1 saturated heterocycles. The summed E-state index contributed by atoms with van der Waals surface area (Å²) in [6.07, 6.45) is 1.58. The average molecular weight is 425 g/mol. The molecule has 30 heavy (non-hydrogen) atoms. The summed E-state index contributed by atoms with van der Waals surface area (Å²) in [6.45, 7) is 1.51. The molecular formula is C22H19NO6S. The van der Waals surface area contributed by atoms with Crippen molar-refractivity contribution < 1.29 is 28.7 Å². The summed E-state index contributed by atoms with van der Waals surface area (Å²) in [6, 6.07) is 15.2. The van der Waals surface area contributed by atoms with Gasteiger partial charge in [0.2, 0.25) is 0 Å². The normalized spacial score (nSPS) is 14.8. The Kier molecular flexibility index (Phi) is 7.03. The van der Waals surface area contributed by atoms with E-state index in [1.807, 2.05) is 0 Å². The zero-order valence-corrected chi connectivity index (χ0v) is 17.0. The van der Waals surface area contributed by atoms with Gasteiger partial charge in [-0.3, -0.25) is 19.3 Å². The number of benzene rings is 2. The number of imide groups is 1. The van der Waals surface area contributed by atoms with Crippen molar-refractivity contribution in [3.8, 4) is 5.75 Å². The Labute approximate surface area is 177 Å². The highest BCUT2D eigenvalue weighted by atomic mass is 32.2. The van der Waals surface area contributed by atoms with E-state index in [1.165, 1.54) is 0 Å². The van der Waals surface area contributed by atoms with Crippen LogP contribution in [0.2, 0.25) is 0 Å². The zero-order chi connectivity index (χ0) is 21.5. The Balaban J connectivity index is 1.63. The molecule has 0 unspecified atom stereocenters. The van der Waals surface area contributed by atoms with Crippen LogP contribution in [-0.4, -0.2) is 47.6 Å². The molecule has 0 N–H and O–H groups in total. The summed E-state index contributed by atoms with van der Waals surface area (Å²) in [7, 11) is 0. The first-order chi connectivity index (χ1) is 14.5. The maximum absolute atomic E-state index is 12.6. The van der Waals surface area contributed by atoms with Crippen LogP contribution in [0.25, 0.3) is 6.08 Å². The van der Waals surface area contributed by atoms with Crippen LogP contribution in [-0.2, 0) is 14.3 Å². The lowest BCUT2D eigenvalue weighted by molar-refractivity contribution is -0.145. The minimum atomic E-state index is -0.503. The molecule has 0 saturated carbocycles. The van der Waals surface area contributed by atoms with Crippen molar-refractivity contribution in [3.63, 3.8) is 0 Å². The van der Waals surface area contributed by atoms with Crippen LogP contribution in [0.4, 0.5) is 4.79 Å². The molecule has 1 fully saturated rings. The Bertz CT molecular complexity index is 984. The number of carbonyl (C=O) groups is 4. The number of thioether (sulfide) groups is 1. The molecule has 0 spiro atoms. The molecule has 0 atom stereocenters. The molecule has 8 heteroatoms. The SMILES string of the molecule is CCOC(=O)COc1ccc(/C=C2\SC(=O)N(CC(=O)c3ccccc3)C2=O)cc1. The molecule has 3 rings (SSSR count). The van der Waals surface area contributed by atoms with Crippen molar-refractivity contribution in [2.24, 2.45) is 0 Å². The van der Waals surface area contributed by atoms with Gasteiger partial charge in [-0.1, -0.05) is 42.5 Å². The van der Waals surface area contributed by atoms with E-state index in [1.54, 1.807) is 67.6 Å². The van der Waals surface area contributed by atoms with Crippen molar-refractivity contribution in [2.45, 2.75) is 6.92 Å². The summed E-state index contributed by atoms with van der Waals surface area (Å²) in [5.74, 6) is -0.791. The largest absolute Gasteiger partial charge is 0.482 e. The van der Waals surface area contributed by atoms with Gasteiger partial charge in [0.25, 0.3) is 11.1 Å². The molecular weight excluding hydrogens is 406 g/mol. The fraction of sp³-hybridized carbons (Fsp3) is 0.182. The third kappa shape index (κ3) is 5.36. The van der Waals surface area contributed by atoms with E-state index >= 15 is 0 Å². The third-order valence-electron chi connectivity index (χ3n) is 4.11. The van der Waals surface area contributed by atoms with Gasteiger partial charge in [-0.2, -0.15) is 0 Å². The van der Waals surface area contributed by atoms with Crippen molar-refractivity contribution >= 4 is 40.7 Å². The highest BCUT2D eigenvalue weighted by Gasteiger charge is 2.36. The molecule has 2 aromatic carbocycles.